The first kappa shape index (κ1) is 34.6. The second-order valence-electron chi connectivity index (χ2n) is 11.4. The Morgan fingerprint density at radius 2 is 1.70 bits per heavy atom. The van der Waals surface area contributed by atoms with Gasteiger partial charge >= 0.3 is 13.8 Å². The average Bonchev–Trinajstić information content (AvgIpc) is 3.32. The number of fused-ring (bicyclic) bond motifs is 1. The van der Waals surface area contributed by atoms with E-state index < -0.39 is 25.2 Å². The van der Waals surface area contributed by atoms with Gasteiger partial charge in [0.2, 0.25) is 11.8 Å². The molecule has 1 amide bonds. The van der Waals surface area contributed by atoms with Crippen molar-refractivity contribution in [3.8, 4) is 5.88 Å². The number of rotatable bonds is 12. The Bertz CT molecular complexity index is 1660. The minimum absolute atomic E-state index is 0.0531. The van der Waals surface area contributed by atoms with E-state index in [0.29, 0.717) is 36.8 Å². The number of benzene rings is 1. The molecule has 0 spiro atoms. The Kier molecular flexibility index (Phi) is 10.4. The number of nitrogens with zero attached hydrogens (tertiary/aromatic N) is 4. The van der Waals surface area contributed by atoms with Gasteiger partial charge < -0.3 is 34.4 Å². The fourth-order valence-electron chi connectivity index (χ4n) is 5.98. The van der Waals surface area contributed by atoms with Crippen LogP contribution in [-0.4, -0.2) is 64.3 Å². The van der Waals surface area contributed by atoms with Crippen LogP contribution in [0.25, 0.3) is 0 Å². The van der Waals surface area contributed by atoms with E-state index >= 15 is 0 Å². The molecule has 0 bridgehead atoms. The topological polar surface area (TPSA) is 148 Å². The van der Waals surface area contributed by atoms with Crippen molar-refractivity contribution in [3.63, 3.8) is 0 Å². The maximum atomic E-state index is 14.2. The summed E-state index contributed by atoms with van der Waals surface area (Å²) in [6.45, 7) is 4.08. The molecular weight excluding hydrogens is 640 g/mol. The summed E-state index contributed by atoms with van der Waals surface area (Å²) in [7, 11) is -0.454. The Morgan fingerprint density at radius 3 is 2.34 bits per heavy atom. The number of aromatic nitrogens is 3. The molecule has 12 nitrogen and oxygen atoms in total. The Balaban J connectivity index is 1.46. The Labute approximate surface area is 270 Å². The van der Waals surface area contributed by atoms with Crippen molar-refractivity contribution >= 4 is 36.6 Å². The summed E-state index contributed by atoms with van der Waals surface area (Å²) in [4.78, 5) is 27.2. The zero-order valence-corrected chi connectivity index (χ0v) is 27.5. The summed E-state index contributed by atoms with van der Waals surface area (Å²) >= 11 is 0. The van der Waals surface area contributed by atoms with Gasteiger partial charge in [-0.3, -0.25) is 9.36 Å². The maximum Gasteiger partial charge on any atom is 0.421 e. The third kappa shape index (κ3) is 7.69. The number of carbonyl (C=O) groups is 1. The van der Waals surface area contributed by atoms with Crippen molar-refractivity contribution in [1.29, 1.82) is 0 Å². The summed E-state index contributed by atoms with van der Waals surface area (Å²) in [5.74, 6) is -0.861. The van der Waals surface area contributed by atoms with Crippen LogP contribution in [0, 0.1) is 0 Å². The number of carbonyl (C=O) groups excluding carboxylic acids is 1. The van der Waals surface area contributed by atoms with Crippen LogP contribution in [0.3, 0.4) is 0 Å². The third-order valence-electron chi connectivity index (χ3n) is 8.15. The second-order valence-corrected chi connectivity index (χ2v) is 13.4. The first-order valence-corrected chi connectivity index (χ1v) is 17.1. The van der Waals surface area contributed by atoms with Crippen LogP contribution in [0.2, 0.25) is 0 Å². The molecule has 5 rings (SSSR count). The number of ether oxygens (including phenoxy) is 1. The molecule has 1 aliphatic heterocycles. The maximum absolute atomic E-state index is 14.2. The minimum atomic E-state index is -4.80. The number of halogens is 3. The van der Waals surface area contributed by atoms with Gasteiger partial charge in [-0.25, -0.2) is 9.97 Å². The number of aliphatic hydroxyl groups excluding tert-OH is 1. The van der Waals surface area contributed by atoms with Gasteiger partial charge in [0, 0.05) is 19.8 Å². The molecule has 2 aliphatic rings. The largest absolute Gasteiger partial charge is 0.480 e. The van der Waals surface area contributed by atoms with Gasteiger partial charge in [0.1, 0.15) is 17.1 Å². The number of methoxy groups -OCH3 is 1. The van der Waals surface area contributed by atoms with Gasteiger partial charge in [0.05, 0.1) is 49.5 Å². The first-order chi connectivity index (χ1) is 22.4. The average molecular weight is 679 g/mol. The monoisotopic (exact) mass is 678 g/mol. The van der Waals surface area contributed by atoms with Crippen LogP contribution in [0.5, 0.6) is 5.88 Å². The van der Waals surface area contributed by atoms with E-state index in [1.807, 2.05) is 6.07 Å². The smallest absolute Gasteiger partial charge is 0.421 e. The van der Waals surface area contributed by atoms with Crippen LogP contribution in [0.15, 0.2) is 30.5 Å². The second kappa shape index (κ2) is 14.1. The predicted octanol–water partition coefficient (Wildman–Crippen LogP) is 6.76. The van der Waals surface area contributed by atoms with Crippen molar-refractivity contribution in [1.82, 2.24) is 19.9 Å². The number of hydrogen-bond acceptors (Lipinski definition) is 11. The van der Waals surface area contributed by atoms with Gasteiger partial charge in [-0.15, -0.1) is 0 Å². The lowest BCUT2D eigenvalue weighted by Crippen LogP contribution is -2.18. The highest BCUT2D eigenvalue weighted by Crippen LogP contribution is 2.51. The number of hydrogen-bond donors (Lipinski definition) is 3. The van der Waals surface area contributed by atoms with Gasteiger partial charge in [-0.2, -0.15) is 18.2 Å². The standard InChI is InChI=1S/C31H38F3N6O6P/c1-5-45-47(43,46-6-2)17-19-9-13-25(28(36-19)44-4)38-30-35-15-23(31(32,33)34)27(39-30)37-24-14-12-21(18-7-10-20(41)11-8-18)22-16-40(3)29(42)26(22)24/h9,12-15,18,20,41H,5-8,10-11,16-17H2,1-4H3,(H2,35,37,38,39). The molecule has 47 heavy (non-hydrogen) atoms. The molecule has 1 saturated carbocycles. The first-order valence-electron chi connectivity index (χ1n) is 15.3. The SMILES string of the molecule is CCOP(=O)(Cc1ccc(Nc2ncc(C(F)(F)F)c(Nc3ccc(C4CCC(O)CC4)c4c3C(=O)N(C)C4)n2)c(OC)n1)OCC. The lowest BCUT2D eigenvalue weighted by molar-refractivity contribution is -0.137. The molecule has 3 heterocycles. The highest BCUT2D eigenvalue weighted by atomic mass is 31.2. The summed E-state index contributed by atoms with van der Waals surface area (Å²) < 4.78 is 71.5. The predicted molar refractivity (Wildman–Crippen MR) is 168 cm³/mol. The van der Waals surface area contributed by atoms with Crippen molar-refractivity contribution in [2.24, 2.45) is 0 Å². The Hall–Kier alpha value is -3.78. The fraction of sp³-hybridized carbons (Fsp3) is 0.484. The molecular formula is C31H38F3N6O6P. The van der Waals surface area contributed by atoms with Crippen LogP contribution < -0.4 is 15.4 Å². The summed E-state index contributed by atoms with van der Waals surface area (Å²) in [5, 5.41) is 15.6. The molecule has 2 aromatic heterocycles. The molecule has 1 aromatic carbocycles. The van der Waals surface area contributed by atoms with E-state index in [1.165, 1.54) is 12.0 Å². The molecule has 1 fully saturated rings. The van der Waals surface area contributed by atoms with Gasteiger partial charge in [0.15, 0.2) is 0 Å². The normalized spacial score (nSPS) is 18.3. The van der Waals surface area contributed by atoms with Gasteiger partial charge in [-0.1, -0.05) is 6.07 Å². The highest BCUT2D eigenvalue weighted by molar-refractivity contribution is 7.53. The third-order valence-corrected chi connectivity index (χ3v) is 10.2. The molecule has 0 saturated heterocycles. The lowest BCUT2D eigenvalue weighted by atomic mass is 9.80. The number of aliphatic hydroxyl groups is 1. The number of alkyl halides is 3. The molecule has 1 aliphatic carbocycles. The molecule has 3 N–H and O–H groups in total. The molecule has 0 unspecified atom stereocenters. The summed E-state index contributed by atoms with van der Waals surface area (Å²) in [6, 6.07) is 6.55. The molecule has 0 radical (unpaired) electrons. The van der Waals surface area contributed by atoms with Crippen LogP contribution in [0.1, 0.15) is 78.2 Å². The number of anilines is 4. The van der Waals surface area contributed by atoms with E-state index in [2.05, 4.69) is 25.6 Å². The quantitative estimate of drug-likeness (QED) is 0.175. The van der Waals surface area contributed by atoms with Crippen molar-refractivity contribution in [2.75, 3.05) is 38.0 Å². The number of amides is 1. The zero-order chi connectivity index (χ0) is 33.9. The van der Waals surface area contributed by atoms with Gasteiger partial charge in [0.25, 0.3) is 5.91 Å². The molecule has 0 atom stereocenters. The minimum Gasteiger partial charge on any atom is -0.480 e. The van der Waals surface area contributed by atoms with Crippen molar-refractivity contribution in [3.05, 3.63) is 58.4 Å². The van der Waals surface area contributed by atoms with Crippen LogP contribution >= 0.6 is 7.60 Å². The molecule has 3 aromatic rings. The summed E-state index contributed by atoms with van der Waals surface area (Å²) in [6.07, 6.45) is -1.79. The number of nitrogens with one attached hydrogen (secondary N) is 2. The highest BCUT2D eigenvalue weighted by Gasteiger charge is 2.37. The molecule has 16 heteroatoms. The van der Waals surface area contributed by atoms with E-state index in [9.17, 15) is 27.6 Å². The van der Waals surface area contributed by atoms with E-state index in [-0.39, 0.29) is 60.5 Å². The Morgan fingerprint density at radius 1 is 1.02 bits per heavy atom. The number of pyridine rings is 1. The van der Waals surface area contributed by atoms with Crippen molar-refractivity contribution in [2.45, 2.75) is 70.4 Å². The van der Waals surface area contributed by atoms with E-state index in [4.69, 9.17) is 13.8 Å². The molecule has 254 valence electrons. The van der Waals surface area contributed by atoms with E-state index in [0.717, 1.165) is 24.0 Å². The van der Waals surface area contributed by atoms with Gasteiger partial charge in [-0.05, 0) is 74.8 Å². The fourth-order valence-corrected chi connectivity index (χ4v) is 7.60. The zero-order valence-electron chi connectivity index (χ0n) is 26.6. The summed E-state index contributed by atoms with van der Waals surface area (Å²) in [5.41, 5.74) is 1.70. The van der Waals surface area contributed by atoms with E-state index in [1.54, 1.807) is 39.1 Å². The van der Waals surface area contributed by atoms with Crippen LogP contribution in [-0.2, 0) is 32.5 Å². The van der Waals surface area contributed by atoms with Crippen LogP contribution in [0.4, 0.5) is 36.3 Å². The van der Waals surface area contributed by atoms with Crippen molar-refractivity contribution < 1.29 is 41.4 Å². The lowest BCUT2D eigenvalue weighted by Gasteiger charge is -2.27.